The van der Waals surface area contributed by atoms with Gasteiger partial charge in [-0.3, -0.25) is 4.98 Å². The molecule has 0 aliphatic rings. The fourth-order valence-corrected chi connectivity index (χ4v) is 4.10. The van der Waals surface area contributed by atoms with Gasteiger partial charge in [-0.2, -0.15) is 0 Å². The van der Waals surface area contributed by atoms with E-state index in [0.717, 1.165) is 12.1 Å². The van der Waals surface area contributed by atoms with Crippen molar-refractivity contribution in [3.63, 3.8) is 0 Å². The van der Waals surface area contributed by atoms with Crippen LogP contribution in [0.5, 0.6) is 0 Å². The summed E-state index contributed by atoms with van der Waals surface area (Å²) >= 11 is 0. The molecule has 0 aliphatic carbocycles. The molecule has 0 saturated heterocycles. The number of nitrogens with zero attached hydrogens (tertiary/aromatic N) is 2. The van der Waals surface area contributed by atoms with Crippen LogP contribution in [0.2, 0.25) is 0 Å². The van der Waals surface area contributed by atoms with E-state index in [1.54, 1.807) is 51.2 Å². The van der Waals surface area contributed by atoms with Crippen molar-refractivity contribution < 1.29 is 8.42 Å². The van der Waals surface area contributed by atoms with Crippen molar-refractivity contribution in [3.05, 3.63) is 59.9 Å². The summed E-state index contributed by atoms with van der Waals surface area (Å²) in [6, 6.07) is 12.5. The van der Waals surface area contributed by atoms with E-state index in [0.29, 0.717) is 12.1 Å². The molecule has 0 bridgehead atoms. The van der Waals surface area contributed by atoms with Crippen LogP contribution in [0.3, 0.4) is 0 Å². The van der Waals surface area contributed by atoms with Crippen LogP contribution in [0, 0.1) is 0 Å². The van der Waals surface area contributed by atoms with E-state index in [1.807, 2.05) is 18.2 Å². The number of nitrogens with two attached hydrogens (primary N) is 1. The van der Waals surface area contributed by atoms with Gasteiger partial charge in [-0.1, -0.05) is 24.3 Å². The molecule has 7 nitrogen and oxygen atoms in total. The number of hydrogen-bond donors (Lipinski definition) is 3. The predicted molar refractivity (Wildman–Crippen MR) is 108 cm³/mol. The minimum atomic E-state index is -3.64. The van der Waals surface area contributed by atoms with E-state index in [9.17, 15) is 8.42 Å². The number of sulfonamides is 1. The van der Waals surface area contributed by atoms with Gasteiger partial charge in [-0.25, -0.2) is 18.1 Å². The zero-order valence-corrected chi connectivity index (χ0v) is 16.8. The summed E-state index contributed by atoms with van der Waals surface area (Å²) in [6.45, 7) is 6.17. The van der Waals surface area contributed by atoms with Crippen molar-refractivity contribution in [2.24, 2.45) is 10.7 Å². The third-order valence-corrected chi connectivity index (χ3v) is 5.39. The minimum absolute atomic E-state index is 0.170. The largest absolute Gasteiger partial charge is 0.370 e. The van der Waals surface area contributed by atoms with Crippen molar-refractivity contribution in [2.45, 2.75) is 44.2 Å². The number of pyridine rings is 1. The van der Waals surface area contributed by atoms with Crippen molar-refractivity contribution in [3.8, 4) is 0 Å². The minimum Gasteiger partial charge on any atom is -0.370 e. The maximum atomic E-state index is 12.6. The third-order valence-electron chi connectivity index (χ3n) is 3.54. The Balaban J connectivity index is 2.01. The molecule has 27 heavy (non-hydrogen) atoms. The van der Waals surface area contributed by atoms with E-state index in [4.69, 9.17) is 5.73 Å². The molecule has 0 radical (unpaired) electrons. The topological polar surface area (TPSA) is 109 Å². The van der Waals surface area contributed by atoms with E-state index >= 15 is 0 Å². The first-order chi connectivity index (χ1) is 12.7. The Morgan fingerprint density at radius 1 is 1.15 bits per heavy atom. The molecule has 2 aromatic rings. The van der Waals surface area contributed by atoms with Crippen LogP contribution in [-0.2, 0) is 23.0 Å². The van der Waals surface area contributed by atoms with Gasteiger partial charge >= 0.3 is 0 Å². The van der Waals surface area contributed by atoms with Gasteiger partial charge < -0.3 is 11.1 Å². The molecular weight excluding hydrogens is 362 g/mol. The van der Waals surface area contributed by atoms with Gasteiger partial charge in [-0.15, -0.1) is 0 Å². The molecule has 146 valence electrons. The smallest absolute Gasteiger partial charge is 0.241 e. The Hall–Kier alpha value is -2.45. The maximum Gasteiger partial charge on any atom is 0.241 e. The number of rotatable bonds is 7. The average Bonchev–Trinajstić information content (AvgIpc) is 2.59. The summed E-state index contributed by atoms with van der Waals surface area (Å²) in [5.74, 6) is 0.266. The Kier molecular flexibility index (Phi) is 6.92. The number of benzene rings is 1. The highest BCUT2D eigenvalue weighted by molar-refractivity contribution is 7.89. The molecule has 0 fully saturated rings. The lowest BCUT2D eigenvalue weighted by Crippen LogP contribution is -2.40. The molecule has 1 heterocycles. The molecule has 0 spiro atoms. The molecule has 4 N–H and O–H groups in total. The fourth-order valence-electron chi connectivity index (χ4n) is 2.45. The number of aromatic nitrogens is 1. The molecular formula is C19H27N5O2S. The van der Waals surface area contributed by atoms with E-state index in [2.05, 4.69) is 20.0 Å². The SMILES string of the molecule is CC(C)(C)NS(=O)(=O)c1ccccc1CN=C(N)NCCc1ccccn1. The van der Waals surface area contributed by atoms with Gasteiger partial charge in [0.25, 0.3) is 0 Å². The highest BCUT2D eigenvalue weighted by Gasteiger charge is 2.24. The van der Waals surface area contributed by atoms with Crippen LogP contribution in [0.25, 0.3) is 0 Å². The zero-order chi connectivity index (χ0) is 19.9. The van der Waals surface area contributed by atoms with Crippen molar-refractivity contribution >= 4 is 16.0 Å². The molecule has 0 unspecified atom stereocenters. The standard InChI is InChI=1S/C19H27N5O2S/c1-19(2,3)24-27(25,26)17-10-5-4-8-15(17)14-23-18(20)22-13-11-16-9-6-7-12-21-16/h4-10,12,24H,11,13-14H2,1-3H3,(H3,20,22,23). The molecule has 0 amide bonds. The Morgan fingerprint density at radius 2 is 1.85 bits per heavy atom. The second kappa shape index (κ2) is 8.96. The highest BCUT2D eigenvalue weighted by Crippen LogP contribution is 2.18. The molecule has 0 saturated carbocycles. The Labute approximate surface area is 161 Å². The van der Waals surface area contributed by atoms with Crippen molar-refractivity contribution in [2.75, 3.05) is 6.54 Å². The molecule has 1 aromatic carbocycles. The molecule has 0 atom stereocenters. The van der Waals surface area contributed by atoms with E-state index < -0.39 is 15.6 Å². The van der Waals surface area contributed by atoms with Gasteiger partial charge in [0.1, 0.15) is 0 Å². The summed E-state index contributed by atoms with van der Waals surface area (Å²) in [6.07, 6.45) is 2.47. The quantitative estimate of drug-likeness (QED) is 0.494. The summed E-state index contributed by atoms with van der Waals surface area (Å²) in [4.78, 5) is 8.72. The first-order valence-corrected chi connectivity index (χ1v) is 10.2. The first kappa shape index (κ1) is 20.9. The lowest BCUT2D eigenvalue weighted by atomic mass is 10.1. The Bertz CT molecular complexity index is 874. The lowest BCUT2D eigenvalue weighted by Gasteiger charge is -2.21. The molecule has 1 aromatic heterocycles. The third kappa shape index (κ3) is 6.99. The van der Waals surface area contributed by atoms with Crippen LogP contribution in [0.1, 0.15) is 32.0 Å². The van der Waals surface area contributed by atoms with Crippen LogP contribution in [0.15, 0.2) is 58.5 Å². The molecule has 2 rings (SSSR count). The van der Waals surface area contributed by atoms with E-state index in [1.165, 1.54) is 0 Å². The van der Waals surface area contributed by atoms with Crippen LogP contribution >= 0.6 is 0 Å². The van der Waals surface area contributed by atoms with Gasteiger partial charge in [0.05, 0.1) is 11.4 Å². The average molecular weight is 390 g/mol. The van der Waals surface area contributed by atoms with E-state index in [-0.39, 0.29) is 17.4 Å². The summed E-state index contributed by atoms with van der Waals surface area (Å²) in [5, 5.41) is 3.02. The summed E-state index contributed by atoms with van der Waals surface area (Å²) in [7, 11) is -3.64. The molecule has 8 heteroatoms. The lowest BCUT2D eigenvalue weighted by molar-refractivity contribution is 0.491. The monoisotopic (exact) mass is 389 g/mol. The van der Waals surface area contributed by atoms with Gasteiger partial charge in [0.2, 0.25) is 10.0 Å². The summed E-state index contributed by atoms with van der Waals surface area (Å²) in [5.41, 5.74) is 6.88. The molecule has 0 aliphatic heterocycles. The first-order valence-electron chi connectivity index (χ1n) is 8.73. The van der Waals surface area contributed by atoms with Gasteiger partial charge in [0, 0.05) is 30.4 Å². The normalized spacial score (nSPS) is 12.8. The second-order valence-electron chi connectivity index (χ2n) is 7.16. The summed E-state index contributed by atoms with van der Waals surface area (Å²) < 4.78 is 27.9. The number of aliphatic imine (C=N–C) groups is 1. The van der Waals surface area contributed by atoms with Crippen molar-refractivity contribution in [1.29, 1.82) is 0 Å². The van der Waals surface area contributed by atoms with Crippen LogP contribution < -0.4 is 15.8 Å². The Morgan fingerprint density at radius 3 is 2.52 bits per heavy atom. The van der Waals surface area contributed by atoms with Crippen LogP contribution in [-0.4, -0.2) is 31.4 Å². The zero-order valence-electron chi connectivity index (χ0n) is 15.9. The van der Waals surface area contributed by atoms with Crippen LogP contribution in [0.4, 0.5) is 0 Å². The highest BCUT2D eigenvalue weighted by atomic mass is 32.2. The van der Waals surface area contributed by atoms with Gasteiger partial charge in [0.15, 0.2) is 5.96 Å². The fraction of sp³-hybridized carbons (Fsp3) is 0.368. The van der Waals surface area contributed by atoms with Crippen molar-refractivity contribution in [1.82, 2.24) is 15.0 Å². The predicted octanol–water partition coefficient (Wildman–Crippen LogP) is 1.81. The number of nitrogens with one attached hydrogen (secondary N) is 2. The number of guanidine groups is 1. The second-order valence-corrected chi connectivity index (χ2v) is 8.81. The number of hydrogen-bond acceptors (Lipinski definition) is 4. The van der Waals surface area contributed by atoms with Gasteiger partial charge in [-0.05, 0) is 44.5 Å². The maximum absolute atomic E-state index is 12.6.